The molecule has 6 heteroatoms. The van der Waals surface area contributed by atoms with E-state index in [2.05, 4.69) is 9.97 Å². The summed E-state index contributed by atoms with van der Waals surface area (Å²) >= 11 is 0. The number of nitrogens with one attached hydrogen (secondary N) is 1. The third-order valence-electron chi connectivity index (χ3n) is 1.89. The van der Waals surface area contributed by atoms with Gasteiger partial charge in [0.25, 0.3) is 5.56 Å². The summed E-state index contributed by atoms with van der Waals surface area (Å²) in [6.45, 7) is 0.246. The normalized spacial score (nSPS) is 15.1. The van der Waals surface area contributed by atoms with Gasteiger partial charge in [0.05, 0.1) is 18.0 Å². The molecule has 78 valence electrons. The molecule has 1 aromatic heterocycles. The Labute approximate surface area is 80.4 Å². The Balaban J connectivity index is 2.84. The highest BCUT2D eigenvalue weighted by Gasteiger charge is 2.20. The molecule has 0 aliphatic rings. The maximum Gasteiger partial charge on any atom is 0.256 e. The maximum absolute atomic E-state index is 11.2. The number of nitrogens with two attached hydrogens (primary N) is 1. The second kappa shape index (κ2) is 4.85. The lowest BCUT2D eigenvalue weighted by molar-refractivity contribution is 0.0140. The van der Waals surface area contributed by atoms with Crippen molar-refractivity contribution in [2.24, 2.45) is 5.73 Å². The third kappa shape index (κ3) is 2.38. The van der Waals surface area contributed by atoms with Gasteiger partial charge in [0.1, 0.15) is 6.10 Å². The predicted octanol–water partition coefficient (Wildman–Crippen LogP) is -1.49. The van der Waals surface area contributed by atoms with Gasteiger partial charge in [0.15, 0.2) is 0 Å². The van der Waals surface area contributed by atoms with Crippen molar-refractivity contribution in [1.29, 1.82) is 0 Å². The monoisotopic (exact) mass is 199 g/mol. The van der Waals surface area contributed by atoms with Crippen molar-refractivity contribution in [2.45, 2.75) is 18.6 Å². The Bertz CT molecular complexity index is 339. The van der Waals surface area contributed by atoms with Crippen molar-refractivity contribution in [1.82, 2.24) is 9.97 Å². The van der Waals surface area contributed by atoms with E-state index in [1.165, 1.54) is 12.5 Å². The first-order valence-electron chi connectivity index (χ1n) is 4.25. The second-order valence-corrected chi connectivity index (χ2v) is 2.93. The summed E-state index contributed by atoms with van der Waals surface area (Å²) in [5.41, 5.74) is 4.81. The van der Waals surface area contributed by atoms with Gasteiger partial charge in [-0.2, -0.15) is 0 Å². The summed E-state index contributed by atoms with van der Waals surface area (Å²) in [6.07, 6.45) is 0.397. The fourth-order valence-electron chi connectivity index (χ4n) is 1.10. The van der Waals surface area contributed by atoms with Gasteiger partial charge in [0, 0.05) is 6.20 Å². The van der Waals surface area contributed by atoms with Gasteiger partial charge in [-0.15, -0.1) is 0 Å². The Morgan fingerprint density at radius 2 is 2.29 bits per heavy atom. The van der Waals surface area contributed by atoms with Crippen molar-refractivity contribution < 1.29 is 10.2 Å². The molecule has 0 aliphatic heterocycles. The van der Waals surface area contributed by atoms with Crippen LogP contribution in [0.3, 0.4) is 0 Å². The van der Waals surface area contributed by atoms with Crippen LogP contribution >= 0.6 is 0 Å². The van der Waals surface area contributed by atoms with Gasteiger partial charge in [-0.1, -0.05) is 0 Å². The first kappa shape index (κ1) is 10.8. The van der Waals surface area contributed by atoms with Gasteiger partial charge < -0.3 is 20.9 Å². The fraction of sp³-hybridized carbons (Fsp3) is 0.500. The van der Waals surface area contributed by atoms with Crippen LogP contribution in [0.4, 0.5) is 0 Å². The van der Waals surface area contributed by atoms with Gasteiger partial charge in [-0.05, 0) is 13.0 Å². The number of hydrogen-bond acceptors (Lipinski definition) is 5. The molecule has 14 heavy (non-hydrogen) atoms. The molecule has 0 bridgehead atoms. The summed E-state index contributed by atoms with van der Waals surface area (Å²) in [4.78, 5) is 17.1. The number of aromatic amines is 1. The molecule has 0 saturated carbocycles. The Kier molecular flexibility index (Phi) is 3.75. The lowest BCUT2D eigenvalue weighted by atomic mass is 10.1. The smallest absolute Gasteiger partial charge is 0.256 e. The number of nitrogens with zero attached hydrogens (tertiary/aromatic N) is 1. The summed E-state index contributed by atoms with van der Waals surface area (Å²) in [5.74, 6) is 0. The number of aliphatic hydroxyl groups excluding tert-OH is 2. The molecule has 5 N–H and O–H groups in total. The van der Waals surface area contributed by atoms with Crippen LogP contribution in [0.5, 0.6) is 0 Å². The molecule has 1 rings (SSSR count). The molecule has 1 heterocycles. The van der Waals surface area contributed by atoms with Crippen LogP contribution < -0.4 is 11.3 Å². The minimum absolute atomic E-state index is 0.0495. The van der Waals surface area contributed by atoms with Crippen molar-refractivity contribution in [3.8, 4) is 0 Å². The van der Waals surface area contributed by atoms with Crippen molar-refractivity contribution in [3.05, 3.63) is 28.4 Å². The molecule has 1 aromatic rings. The number of aliphatic hydroxyl groups is 2. The zero-order valence-corrected chi connectivity index (χ0v) is 7.55. The number of H-pyrrole nitrogens is 1. The average Bonchev–Trinajstić information content (AvgIpc) is 2.18. The van der Waals surface area contributed by atoms with Gasteiger partial charge in [-0.25, -0.2) is 4.98 Å². The van der Waals surface area contributed by atoms with E-state index in [0.717, 1.165) is 0 Å². The molecule has 0 saturated heterocycles. The van der Waals surface area contributed by atoms with Crippen LogP contribution in [0.25, 0.3) is 0 Å². The third-order valence-corrected chi connectivity index (χ3v) is 1.89. The van der Waals surface area contributed by atoms with Crippen LogP contribution in [0, 0.1) is 0 Å². The zero-order valence-electron chi connectivity index (χ0n) is 7.55. The molecule has 0 fully saturated rings. The molecular formula is C8H13N3O3. The van der Waals surface area contributed by atoms with E-state index in [1.807, 2.05) is 0 Å². The van der Waals surface area contributed by atoms with Crippen molar-refractivity contribution in [2.75, 3.05) is 6.54 Å². The first-order valence-corrected chi connectivity index (χ1v) is 4.25. The molecule has 0 aromatic carbocycles. The molecule has 0 aliphatic carbocycles. The van der Waals surface area contributed by atoms with E-state index < -0.39 is 17.8 Å². The number of hydrogen-bond donors (Lipinski definition) is 4. The Hall–Kier alpha value is -1.24. The van der Waals surface area contributed by atoms with E-state index in [-0.39, 0.29) is 18.5 Å². The van der Waals surface area contributed by atoms with E-state index in [4.69, 9.17) is 5.73 Å². The van der Waals surface area contributed by atoms with Crippen molar-refractivity contribution in [3.63, 3.8) is 0 Å². The lowest BCUT2D eigenvalue weighted by Gasteiger charge is -2.15. The Morgan fingerprint density at radius 1 is 1.57 bits per heavy atom. The van der Waals surface area contributed by atoms with Crippen LogP contribution in [0.2, 0.25) is 0 Å². The zero-order chi connectivity index (χ0) is 10.6. The standard InChI is InChI=1S/C8H13N3O3/c9-2-1-6(12)7(13)5-3-10-4-11-8(5)14/h3-4,6-7,12-13H,1-2,9H2,(H,10,11,14). The van der Waals surface area contributed by atoms with Gasteiger partial charge in [-0.3, -0.25) is 4.79 Å². The highest BCUT2D eigenvalue weighted by molar-refractivity contribution is 5.08. The molecule has 0 radical (unpaired) electrons. The van der Waals surface area contributed by atoms with E-state index in [1.54, 1.807) is 0 Å². The van der Waals surface area contributed by atoms with Crippen molar-refractivity contribution >= 4 is 0 Å². The average molecular weight is 199 g/mol. The molecule has 2 unspecified atom stereocenters. The minimum atomic E-state index is -1.24. The summed E-state index contributed by atoms with van der Waals surface area (Å²) in [6, 6.07) is 0. The highest BCUT2D eigenvalue weighted by atomic mass is 16.3. The maximum atomic E-state index is 11.2. The minimum Gasteiger partial charge on any atom is -0.390 e. The predicted molar refractivity (Wildman–Crippen MR) is 49.5 cm³/mol. The largest absolute Gasteiger partial charge is 0.390 e. The first-order chi connectivity index (χ1) is 6.66. The van der Waals surface area contributed by atoms with E-state index in [9.17, 15) is 15.0 Å². The highest BCUT2D eigenvalue weighted by Crippen LogP contribution is 2.13. The molecule has 6 nitrogen and oxygen atoms in total. The lowest BCUT2D eigenvalue weighted by Crippen LogP contribution is -2.27. The fourth-order valence-corrected chi connectivity index (χ4v) is 1.10. The molecular weight excluding hydrogens is 186 g/mol. The second-order valence-electron chi connectivity index (χ2n) is 2.93. The molecule has 0 spiro atoms. The Morgan fingerprint density at radius 3 is 2.86 bits per heavy atom. The van der Waals surface area contributed by atoms with Crippen LogP contribution in [0.15, 0.2) is 17.3 Å². The van der Waals surface area contributed by atoms with Crippen LogP contribution in [-0.2, 0) is 0 Å². The summed E-state index contributed by atoms with van der Waals surface area (Å²) in [7, 11) is 0. The summed E-state index contributed by atoms with van der Waals surface area (Å²) < 4.78 is 0. The molecule has 2 atom stereocenters. The topological polar surface area (TPSA) is 112 Å². The van der Waals surface area contributed by atoms with E-state index in [0.29, 0.717) is 0 Å². The number of rotatable bonds is 4. The number of aromatic nitrogens is 2. The summed E-state index contributed by atoms with van der Waals surface area (Å²) in [5, 5.41) is 18.9. The van der Waals surface area contributed by atoms with Gasteiger partial charge >= 0.3 is 0 Å². The SMILES string of the molecule is NCCC(O)C(O)c1cnc[nH]c1=O. The molecule has 0 amide bonds. The van der Waals surface area contributed by atoms with Crippen LogP contribution in [0.1, 0.15) is 18.1 Å². The quantitative estimate of drug-likeness (QED) is 0.472. The van der Waals surface area contributed by atoms with Crippen LogP contribution in [-0.4, -0.2) is 32.8 Å². The van der Waals surface area contributed by atoms with E-state index >= 15 is 0 Å². The van der Waals surface area contributed by atoms with Gasteiger partial charge in [0.2, 0.25) is 0 Å².